The largest absolute Gasteiger partial charge is 0.347 e. The molecule has 0 bridgehead atoms. The van der Waals surface area contributed by atoms with Crippen molar-refractivity contribution >= 4 is 40.2 Å². The van der Waals surface area contributed by atoms with Crippen LogP contribution in [0.1, 0.15) is 22.2 Å². The Morgan fingerprint density at radius 3 is 2.62 bits per heavy atom. The van der Waals surface area contributed by atoms with E-state index in [9.17, 15) is 9.59 Å². The Morgan fingerprint density at radius 2 is 1.90 bits per heavy atom. The zero-order chi connectivity index (χ0) is 20.2. The summed E-state index contributed by atoms with van der Waals surface area (Å²) in [5, 5.41) is 11.5. The van der Waals surface area contributed by atoms with E-state index in [2.05, 4.69) is 20.8 Å². The van der Waals surface area contributed by atoms with Crippen molar-refractivity contribution in [2.24, 2.45) is 0 Å². The molecule has 0 unspecified atom stereocenters. The molecule has 4 aromatic rings. The fraction of sp³-hybridized carbons (Fsp3) is 0.100. The van der Waals surface area contributed by atoms with Crippen LogP contribution in [0.3, 0.4) is 0 Å². The maximum Gasteiger partial charge on any atom is 0.268 e. The first kappa shape index (κ1) is 19.0. The van der Waals surface area contributed by atoms with Gasteiger partial charge in [0, 0.05) is 23.1 Å². The summed E-state index contributed by atoms with van der Waals surface area (Å²) < 4.78 is 5.36. The first-order valence-corrected chi connectivity index (χ1v) is 10.4. The van der Waals surface area contributed by atoms with Crippen LogP contribution >= 0.6 is 22.7 Å². The molecule has 4 rings (SSSR count). The van der Waals surface area contributed by atoms with Crippen molar-refractivity contribution in [3.05, 3.63) is 64.4 Å². The van der Waals surface area contributed by atoms with Crippen molar-refractivity contribution in [2.75, 3.05) is 5.32 Å². The van der Waals surface area contributed by atoms with Crippen molar-refractivity contribution in [2.45, 2.75) is 13.5 Å². The molecule has 3 heterocycles. The van der Waals surface area contributed by atoms with Crippen LogP contribution in [0.5, 0.6) is 0 Å². The van der Waals surface area contributed by atoms with Crippen LogP contribution in [0, 0.1) is 0 Å². The molecule has 146 valence electrons. The minimum absolute atomic E-state index is 0.153. The Bertz CT molecular complexity index is 1130. The molecule has 9 heteroatoms. The van der Waals surface area contributed by atoms with Gasteiger partial charge in [-0.3, -0.25) is 9.59 Å². The van der Waals surface area contributed by atoms with Gasteiger partial charge in [0.1, 0.15) is 0 Å². The van der Waals surface area contributed by atoms with Crippen LogP contribution in [0.25, 0.3) is 21.5 Å². The summed E-state index contributed by atoms with van der Waals surface area (Å²) >= 11 is 3.04. The number of thiophene rings is 2. The van der Waals surface area contributed by atoms with E-state index in [1.807, 2.05) is 29.6 Å². The Labute approximate surface area is 174 Å². The van der Waals surface area contributed by atoms with Gasteiger partial charge in [-0.2, -0.15) is 4.98 Å². The van der Waals surface area contributed by atoms with Crippen LogP contribution in [0.2, 0.25) is 0 Å². The molecule has 0 atom stereocenters. The van der Waals surface area contributed by atoms with E-state index in [0.717, 1.165) is 14.6 Å². The van der Waals surface area contributed by atoms with Crippen molar-refractivity contribution in [3.8, 4) is 21.5 Å². The van der Waals surface area contributed by atoms with Crippen LogP contribution in [-0.2, 0) is 11.3 Å². The van der Waals surface area contributed by atoms with Crippen molar-refractivity contribution in [1.29, 1.82) is 0 Å². The lowest BCUT2D eigenvalue weighted by molar-refractivity contribution is -0.114. The summed E-state index contributed by atoms with van der Waals surface area (Å²) in [7, 11) is 0. The second-order valence-electron chi connectivity index (χ2n) is 6.11. The average Bonchev–Trinajstić information content (AvgIpc) is 3.47. The summed E-state index contributed by atoms with van der Waals surface area (Å²) in [6, 6.07) is 14.4. The molecule has 29 heavy (non-hydrogen) atoms. The summed E-state index contributed by atoms with van der Waals surface area (Å²) in [4.78, 5) is 30.6. The highest BCUT2D eigenvalue weighted by molar-refractivity contribution is 7.15. The molecule has 2 N–H and O–H groups in total. The van der Waals surface area contributed by atoms with E-state index in [1.165, 1.54) is 18.3 Å². The first-order chi connectivity index (χ1) is 14.1. The van der Waals surface area contributed by atoms with E-state index in [-0.39, 0.29) is 11.8 Å². The first-order valence-electron chi connectivity index (χ1n) is 8.71. The number of benzene rings is 1. The van der Waals surface area contributed by atoms with Gasteiger partial charge >= 0.3 is 0 Å². The fourth-order valence-corrected chi connectivity index (χ4v) is 4.11. The molecule has 0 saturated carbocycles. The zero-order valence-electron chi connectivity index (χ0n) is 15.3. The maximum absolute atomic E-state index is 12.3. The highest BCUT2D eigenvalue weighted by Crippen LogP contribution is 2.29. The van der Waals surface area contributed by atoms with Gasteiger partial charge in [0.2, 0.25) is 11.7 Å². The van der Waals surface area contributed by atoms with Gasteiger partial charge in [-0.25, -0.2) is 0 Å². The Morgan fingerprint density at radius 1 is 1.07 bits per heavy atom. The molecule has 7 nitrogen and oxygen atoms in total. The topological polar surface area (TPSA) is 97.1 Å². The third-order valence-electron chi connectivity index (χ3n) is 3.93. The Balaban J connectivity index is 1.37. The Hall–Kier alpha value is -3.30. The van der Waals surface area contributed by atoms with E-state index in [1.54, 1.807) is 35.6 Å². The molecular weight excluding hydrogens is 408 g/mol. The highest BCUT2D eigenvalue weighted by Gasteiger charge is 2.14. The minimum atomic E-state index is -0.188. The number of hydrogen-bond acceptors (Lipinski definition) is 7. The lowest BCUT2D eigenvalue weighted by Crippen LogP contribution is -2.22. The van der Waals surface area contributed by atoms with Gasteiger partial charge < -0.3 is 15.2 Å². The monoisotopic (exact) mass is 424 g/mol. The Kier molecular flexibility index (Phi) is 5.50. The lowest BCUT2D eigenvalue weighted by atomic mass is 10.2. The van der Waals surface area contributed by atoms with E-state index >= 15 is 0 Å². The number of carbonyl (C=O) groups is 2. The second-order valence-corrected chi connectivity index (χ2v) is 8.22. The van der Waals surface area contributed by atoms with Crippen LogP contribution in [0.15, 0.2) is 58.4 Å². The van der Waals surface area contributed by atoms with Gasteiger partial charge in [0.15, 0.2) is 0 Å². The summed E-state index contributed by atoms with van der Waals surface area (Å²) in [5.41, 5.74) is 1.17. The molecule has 0 fully saturated rings. The summed E-state index contributed by atoms with van der Waals surface area (Å²) in [6.07, 6.45) is 0. The van der Waals surface area contributed by atoms with E-state index in [4.69, 9.17) is 4.52 Å². The number of amides is 2. The number of carbonyl (C=O) groups excluding carboxylic acids is 2. The summed E-state index contributed by atoms with van der Waals surface area (Å²) in [5.74, 6) is 0.692. The molecule has 0 spiro atoms. The smallest absolute Gasteiger partial charge is 0.268 e. The molecule has 2 amide bonds. The van der Waals surface area contributed by atoms with Gasteiger partial charge in [0.05, 0.1) is 16.3 Å². The number of aromatic nitrogens is 2. The number of hydrogen-bond donors (Lipinski definition) is 2. The molecule has 0 saturated heterocycles. The van der Waals surface area contributed by atoms with E-state index in [0.29, 0.717) is 29.5 Å². The predicted molar refractivity (Wildman–Crippen MR) is 113 cm³/mol. The molecule has 1 aromatic carbocycles. The zero-order valence-corrected chi connectivity index (χ0v) is 17.0. The molecular formula is C20H16N4O3S2. The van der Waals surface area contributed by atoms with Gasteiger partial charge in [-0.1, -0.05) is 11.2 Å². The van der Waals surface area contributed by atoms with Crippen molar-refractivity contribution in [3.63, 3.8) is 0 Å². The molecule has 3 aromatic heterocycles. The second kappa shape index (κ2) is 8.38. The molecule has 0 aliphatic heterocycles. The standard InChI is InChI=1S/C20H16N4O3S2/c1-12(25)22-14-6-4-13(5-7-14)19(26)21-11-15-8-9-17(29-15)20-23-18(24-27-20)16-3-2-10-28-16/h2-10H,11H2,1H3,(H,21,26)(H,22,25). The van der Waals surface area contributed by atoms with Crippen LogP contribution < -0.4 is 10.6 Å². The third-order valence-corrected chi connectivity index (χ3v) is 5.87. The van der Waals surface area contributed by atoms with Crippen LogP contribution in [0.4, 0.5) is 5.69 Å². The fourth-order valence-electron chi connectivity index (χ4n) is 2.59. The maximum atomic E-state index is 12.3. The quantitative estimate of drug-likeness (QED) is 0.478. The molecule has 0 aliphatic rings. The predicted octanol–water partition coefficient (Wildman–Crippen LogP) is 4.42. The molecule has 0 aliphatic carbocycles. The normalized spacial score (nSPS) is 10.7. The number of nitrogens with one attached hydrogen (secondary N) is 2. The third kappa shape index (κ3) is 4.58. The SMILES string of the molecule is CC(=O)Nc1ccc(C(=O)NCc2ccc(-c3nc(-c4cccs4)no3)s2)cc1. The highest BCUT2D eigenvalue weighted by atomic mass is 32.1. The van der Waals surface area contributed by atoms with Gasteiger partial charge in [-0.05, 0) is 47.8 Å². The average molecular weight is 425 g/mol. The number of nitrogens with zero attached hydrogens (tertiary/aromatic N) is 2. The number of anilines is 1. The van der Waals surface area contributed by atoms with Crippen LogP contribution in [-0.4, -0.2) is 22.0 Å². The summed E-state index contributed by atoms with van der Waals surface area (Å²) in [6.45, 7) is 1.83. The van der Waals surface area contributed by atoms with Gasteiger partial charge in [0.25, 0.3) is 11.8 Å². The van der Waals surface area contributed by atoms with Crippen molar-refractivity contribution in [1.82, 2.24) is 15.5 Å². The lowest BCUT2D eigenvalue weighted by Gasteiger charge is -2.05. The number of rotatable bonds is 6. The van der Waals surface area contributed by atoms with Crippen molar-refractivity contribution < 1.29 is 14.1 Å². The minimum Gasteiger partial charge on any atom is -0.347 e. The van der Waals surface area contributed by atoms with E-state index < -0.39 is 0 Å². The molecule has 0 radical (unpaired) electrons. The van der Waals surface area contributed by atoms with Gasteiger partial charge in [-0.15, -0.1) is 22.7 Å².